The quantitative estimate of drug-likeness (QED) is 0.761. The first-order valence-electron chi connectivity index (χ1n) is 7.48. The third-order valence-corrected chi connectivity index (χ3v) is 3.64. The van der Waals surface area contributed by atoms with Gasteiger partial charge >= 0.3 is 5.97 Å². The van der Waals surface area contributed by atoms with E-state index in [4.69, 9.17) is 9.47 Å². The van der Waals surface area contributed by atoms with Gasteiger partial charge in [-0.2, -0.15) is 0 Å². The van der Waals surface area contributed by atoms with Crippen LogP contribution in [0.25, 0.3) is 6.08 Å². The molecule has 0 aromatic heterocycles. The van der Waals surface area contributed by atoms with Crippen LogP contribution >= 0.6 is 0 Å². The number of carboxylic acid groups (broad SMARTS) is 1. The highest BCUT2D eigenvalue weighted by Gasteiger charge is 2.13. The molecular weight excluding hydrogens is 308 g/mol. The van der Waals surface area contributed by atoms with E-state index in [1.54, 1.807) is 18.2 Å². The highest BCUT2D eigenvalue weighted by molar-refractivity contribution is 5.92. The third kappa shape index (κ3) is 4.29. The van der Waals surface area contributed by atoms with E-state index in [-0.39, 0.29) is 22.8 Å². The first kappa shape index (κ1) is 17.4. The Morgan fingerprint density at radius 2 is 1.67 bits per heavy atom. The van der Waals surface area contributed by atoms with E-state index in [9.17, 15) is 15.0 Å². The van der Waals surface area contributed by atoms with Crippen LogP contribution in [0.15, 0.2) is 48.0 Å². The van der Waals surface area contributed by atoms with E-state index >= 15 is 0 Å². The molecule has 0 aliphatic heterocycles. The normalized spacial score (nSPS) is 11.2. The fourth-order valence-electron chi connectivity index (χ4n) is 2.36. The van der Waals surface area contributed by atoms with Gasteiger partial charge in [-0.05, 0) is 42.2 Å². The van der Waals surface area contributed by atoms with Crippen LogP contribution in [0.5, 0.6) is 17.2 Å². The highest BCUT2D eigenvalue weighted by Crippen LogP contribution is 2.37. The second-order valence-electron chi connectivity index (χ2n) is 5.23. The van der Waals surface area contributed by atoms with Gasteiger partial charge in [0.15, 0.2) is 11.5 Å². The maximum absolute atomic E-state index is 11.5. The molecule has 2 N–H and O–H groups in total. The smallest absolute Gasteiger partial charge is 0.331 e. The van der Waals surface area contributed by atoms with Gasteiger partial charge in [-0.25, -0.2) is 4.79 Å². The number of hydrogen-bond acceptors (Lipinski definition) is 4. The van der Waals surface area contributed by atoms with Crippen molar-refractivity contribution in [1.82, 2.24) is 0 Å². The molecule has 0 aliphatic carbocycles. The molecule has 0 aliphatic rings. The van der Waals surface area contributed by atoms with Gasteiger partial charge in [0.25, 0.3) is 0 Å². The van der Waals surface area contributed by atoms with Crippen molar-refractivity contribution in [2.24, 2.45) is 0 Å². The zero-order valence-corrected chi connectivity index (χ0v) is 13.7. The lowest BCUT2D eigenvalue weighted by molar-refractivity contribution is -0.132. The maximum Gasteiger partial charge on any atom is 0.331 e. The summed E-state index contributed by atoms with van der Waals surface area (Å²) in [5.74, 6) is -0.628. The van der Waals surface area contributed by atoms with Crippen LogP contribution in [0.1, 0.15) is 17.5 Å². The van der Waals surface area contributed by atoms with Crippen LogP contribution in [0.4, 0.5) is 0 Å². The molecule has 0 fully saturated rings. The summed E-state index contributed by atoms with van der Waals surface area (Å²) in [7, 11) is 2.85. The predicted molar refractivity (Wildman–Crippen MR) is 91.6 cm³/mol. The molecule has 0 spiro atoms. The van der Waals surface area contributed by atoms with Crippen molar-refractivity contribution in [3.63, 3.8) is 0 Å². The number of ether oxygens (including phenoxy) is 2. The van der Waals surface area contributed by atoms with Crippen molar-refractivity contribution < 1.29 is 24.5 Å². The Labute approximate surface area is 140 Å². The Morgan fingerprint density at radius 3 is 2.17 bits per heavy atom. The van der Waals surface area contributed by atoms with Crippen molar-refractivity contribution in [2.75, 3.05) is 14.2 Å². The van der Waals surface area contributed by atoms with Crippen LogP contribution in [-0.2, 0) is 11.2 Å². The second-order valence-corrected chi connectivity index (χ2v) is 5.23. The number of phenols is 1. The van der Waals surface area contributed by atoms with E-state index in [0.29, 0.717) is 18.4 Å². The minimum atomic E-state index is -0.975. The minimum Gasteiger partial charge on any atom is -0.502 e. The van der Waals surface area contributed by atoms with Crippen LogP contribution in [0.2, 0.25) is 0 Å². The van der Waals surface area contributed by atoms with E-state index in [2.05, 4.69) is 0 Å². The van der Waals surface area contributed by atoms with Crippen LogP contribution in [0, 0.1) is 0 Å². The molecule has 2 aromatic rings. The third-order valence-electron chi connectivity index (χ3n) is 3.64. The number of carbonyl (C=O) groups is 1. The number of aliphatic carboxylic acids is 1. The SMILES string of the molecule is COc1cc(/C=C(\CCc2ccccc2)C(=O)O)cc(OC)c1O. The molecule has 0 amide bonds. The van der Waals surface area contributed by atoms with Crippen LogP contribution in [0.3, 0.4) is 0 Å². The number of hydrogen-bond donors (Lipinski definition) is 2. The van der Waals surface area contributed by atoms with Gasteiger partial charge in [-0.3, -0.25) is 0 Å². The van der Waals surface area contributed by atoms with Gasteiger partial charge in [0.05, 0.1) is 14.2 Å². The highest BCUT2D eigenvalue weighted by atomic mass is 16.5. The van der Waals surface area contributed by atoms with Crippen LogP contribution < -0.4 is 9.47 Å². The Bertz CT molecular complexity index is 710. The first-order chi connectivity index (χ1) is 11.5. The Balaban J connectivity index is 2.28. The molecule has 5 nitrogen and oxygen atoms in total. The zero-order chi connectivity index (χ0) is 17.5. The molecule has 0 radical (unpaired) electrons. The van der Waals surface area contributed by atoms with Gasteiger partial charge < -0.3 is 19.7 Å². The van der Waals surface area contributed by atoms with Gasteiger partial charge in [0, 0.05) is 5.57 Å². The molecule has 0 unspecified atom stereocenters. The fourth-order valence-corrected chi connectivity index (χ4v) is 2.36. The summed E-state index contributed by atoms with van der Waals surface area (Å²) < 4.78 is 10.2. The Hall–Kier alpha value is -2.95. The Morgan fingerprint density at radius 1 is 1.08 bits per heavy atom. The van der Waals surface area contributed by atoms with Crippen molar-refractivity contribution in [1.29, 1.82) is 0 Å². The Kier molecular flexibility index (Phi) is 5.84. The molecule has 24 heavy (non-hydrogen) atoms. The summed E-state index contributed by atoms with van der Waals surface area (Å²) in [6.07, 6.45) is 2.59. The second kappa shape index (κ2) is 8.06. The summed E-state index contributed by atoms with van der Waals surface area (Å²) in [6, 6.07) is 12.8. The fraction of sp³-hybridized carbons (Fsp3) is 0.211. The van der Waals surface area contributed by atoms with Gasteiger partial charge in [-0.15, -0.1) is 0 Å². The number of methoxy groups -OCH3 is 2. The van der Waals surface area contributed by atoms with Crippen molar-refractivity contribution in [3.05, 3.63) is 59.2 Å². The monoisotopic (exact) mass is 328 g/mol. The molecule has 126 valence electrons. The van der Waals surface area contributed by atoms with E-state index < -0.39 is 5.97 Å². The molecule has 0 saturated heterocycles. The van der Waals surface area contributed by atoms with Crippen molar-refractivity contribution >= 4 is 12.0 Å². The van der Waals surface area contributed by atoms with Gasteiger partial charge in [0.2, 0.25) is 5.75 Å². The average molecular weight is 328 g/mol. The molecule has 2 aromatic carbocycles. The first-order valence-corrected chi connectivity index (χ1v) is 7.48. The zero-order valence-electron chi connectivity index (χ0n) is 13.7. The molecule has 5 heteroatoms. The maximum atomic E-state index is 11.5. The summed E-state index contributed by atoms with van der Waals surface area (Å²) >= 11 is 0. The largest absolute Gasteiger partial charge is 0.502 e. The predicted octanol–water partition coefficient (Wildman–Crippen LogP) is 3.51. The lowest BCUT2D eigenvalue weighted by Gasteiger charge is -2.10. The average Bonchev–Trinajstić information content (AvgIpc) is 2.60. The summed E-state index contributed by atoms with van der Waals surface area (Å²) in [4.78, 5) is 11.5. The summed E-state index contributed by atoms with van der Waals surface area (Å²) in [5, 5.41) is 19.4. The number of rotatable bonds is 7. The van der Waals surface area contributed by atoms with E-state index in [1.165, 1.54) is 14.2 Å². The molecular formula is C19H20O5. The lowest BCUT2D eigenvalue weighted by atomic mass is 10.0. The minimum absolute atomic E-state index is 0.113. The number of carboxylic acids is 1. The molecule has 0 bridgehead atoms. The number of aromatic hydroxyl groups is 1. The molecule has 0 saturated carbocycles. The van der Waals surface area contributed by atoms with Crippen molar-refractivity contribution in [3.8, 4) is 17.2 Å². The number of benzene rings is 2. The van der Waals surface area contributed by atoms with Gasteiger partial charge in [-0.1, -0.05) is 30.3 Å². The van der Waals surface area contributed by atoms with Crippen molar-refractivity contribution in [2.45, 2.75) is 12.8 Å². The standard InChI is InChI=1S/C19H20O5/c1-23-16-11-14(12-17(24-2)18(16)20)10-15(19(21)22)9-8-13-6-4-3-5-7-13/h3-7,10-12,20H,8-9H2,1-2H3,(H,21,22)/b15-10+. The lowest BCUT2D eigenvalue weighted by Crippen LogP contribution is -2.02. The molecule has 0 atom stereocenters. The summed E-state index contributed by atoms with van der Waals surface area (Å²) in [5.41, 5.74) is 1.94. The van der Waals surface area contributed by atoms with Crippen LogP contribution in [-0.4, -0.2) is 30.4 Å². The number of aryl methyl sites for hydroxylation is 1. The molecule has 2 rings (SSSR count). The number of phenolic OH excluding ortho intramolecular Hbond substituents is 1. The van der Waals surface area contributed by atoms with E-state index in [1.807, 2.05) is 30.3 Å². The summed E-state index contributed by atoms with van der Waals surface area (Å²) in [6.45, 7) is 0. The van der Waals surface area contributed by atoms with E-state index in [0.717, 1.165) is 5.56 Å². The topological polar surface area (TPSA) is 76.0 Å². The molecule has 0 heterocycles. The van der Waals surface area contributed by atoms with Gasteiger partial charge in [0.1, 0.15) is 0 Å².